The van der Waals surface area contributed by atoms with E-state index < -0.39 is 5.97 Å². The molecule has 0 radical (unpaired) electrons. The number of carbonyl (C=O) groups is 2. The number of carboxylic acids is 1. The maximum atomic E-state index is 12.4. The Bertz CT molecular complexity index is 731. The fraction of sp³-hybridized carbons (Fsp3) is 0.286. The first kappa shape index (κ1) is 14.3. The van der Waals surface area contributed by atoms with Crippen molar-refractivity contribution in [3.63, 3.8) is 0 Å². The Labute approximate surface area is 133 Å². The Morgan fingerprint density at radius 1 is 1.43 bits per heavy atom. The van der Waals surface area contributed by atoms with Crippen LogP contribution in [0.3, 0.4) is 0 Å². The topological polar surface area (TPSA) is 71.3 Å². The van der Waals surface area contributed by atoms with E-state index in [0.29, 0.717) is 22.3 Å². The first-order valence-corrected chi connectivity index (χ1v) is 8.09. The third-order valence-corrected chi connectivity index (χ3v) is 4.91. The Balaban J connectivity index is 1.83. The number of nitrogens with zero attached hydrogens (tertiary/aromatic N) is 1. The molecule has 21 heavy (non-hydrogen) atoms. The summed E-state index contributed by atoms with van der Waals surface area (Å²) in [6.45, 7) is 1.72. The summed E-state index contributed by atoms with van der Waals surface area (Å²) in [6, 6.07) is 3.87. The largest absolute Gasteiger partial charge is 0.477 e. The Kier molecular flexibility index (Phi) is 3.62. The van der Waals surface area contributed by atoms with E-state index >= 15 is 0 Å². The second-order valence-corrected chi connectivity index (χ2v) is 7.03. The summed E-state index contributed by atoms with van der Waals surface area (Å²) >= 11 is 4.47. The lowest BCUT2D eigenvalue weighted by Crippen LogP contribution is -2.15. The third-order valence-electron chi connectivity index (χ3n) is 3.34. The normalized spacial score (nSPS) is 14.2. The summed E-state index contributed by atoms with van der Waals surface area (Å²) in [7, 11) is 0. The van der Waals surface area contributed by atoms with Crippen LogP contribution in [0.25, 0.3) is 0 Å². The van der Waals surface area contributed by atoms with E-state index in [4.69, 9.17) is 5.11 Å². The monoisotopic (exact) mass is 368 g/mol. The van der Waals surface area contributed by atoms with Gasteiger partial charge in [-0.05, 0) is 53.4 Å². The van der Waals surface area contributed by atoms with Crippen LogP contribution in [0.2, 0.25) is 0 Å². The number of rotatable bonds is 4. The summed E-state index contributed by atoms with van der Waals surface area (Å²) in [5.74, 6) is -1.19. The van der Waals surface area contributed by atoms with Crippen molar-refractivity contribution in [2.45, 2.75) is 25.8 Å². The number of aromatic carboxylic acids is 1. The van der Waals surface area contributed by atoms with Gasteiger partial charge in [0, 0.05) is 16.7 Å². The van der Waals surface area contributed by atoms with E-state index in [-0.39, 0.29) is 10.8 Å². The van der Waals surface area contributed by atoms with Gasteiger partial charge in [-0.3, -0.25) is 4.79 Å². The molecule has 110 valence electrons. The van der Waals surface area contributed by atoms with Gasteiger partial charge in [-0.1, -0.05) is 0 Å². The molecule has 2 N–H and O–H groups in total. The first-order valence-electron chi connectivity index (χ1n) is 6.48. The molecule has 5 nitrogen and oxygen atoms in total. The molecular weight excluding hydrogens is 356 g/mol. The fourth-order valence-electron chi connectivity index (χ4n) is 2.21. The molecular formula is C14H13BrN2O3S. The van der Waals surface area contributed by atoms with Crippen molar-refractivity contribution in [1.82, 2.24) is 4.57 Å². The van der Waals surface area contributed by atoms with Gasteiger partial charge in [0.2, 0.25) is 0 Å². The van der Waals surface area contributed by atoms with Crippen molar-refractivity contribution >= 4 is 44.1 Å². The van der Waals surface area contributed by atoms with E-state index in [2.05, 4.69) is 21.2 Å². The summed E-state index contributed by atoms with van der Waals surface area (Å²) in [4.78, 5) is 23.7. The van der Waals surface area contributed by atoms with Crippen LogP contribution in [-0.4, -0.2) is 21.6 Å². The van der Waals surface area contributed by atoms with Crippen molar-refractivity contribution in [1.29, 1.82) is 0 Å². The minimum absolute atomic E-state index is 0.217. The molecule has 2 heterocycles. The molecule has 3 rings (SSSR count). The molecule has 0 aliphatic heterocycles. The number of hydrogen-bond acceptors (Lipinski definition) is 3. The average Bonchev–Trinajstić information content (AvgIpc) is 3.08. The number of carbonyl (C=O) groups excluding carboxylic acids is 1. The number of hydrogen-bond donors (Lipinski definition) is 2. The molecule has 1 amide bonds. The SMILES string of the molecule is Cc1cc(NC(=O)c2cc(Br)cn2C2CC2)sc1C(=O)O. The Morgan fingerprint density at radius 3 is 2.71 bits per heavy atom. The zero-order valence-electron chi connectivity index (χ0n) is 11.2. The van der Waals surface area contributed by atoms with Gasteiger partial charge >= 0.3 is 5.97 Å². The average molecular weight is 369 g/mol. The number of nitrogens with one attached hydrogen (secondary N) is 1. The second-order valence-electron chi connectivity index (χ2n) is 5.06. The van der Waals surface area contributed by atoms with Crippen molar-refractivity contribution < 1.29 is 14.7 Å². The van der Waals surface area contributed by atoms with Gasteiger partial charge in [-0.25, -0.2) is 4.79 Å². The molecule has 1 aliphatic carbocycles. The maximum absolute atomic E-state index is 12.4. The molecule has 0 spiro atoms. The van der Waals surface area contributed by atoms with Crippen LogP contribution in [0.1, 0.15) is 44.6 Å². The molecule has 2 aromatic rings. The van der Waals surface area contributed by atoms with Crippen LogP contribution in [0.15, 0.2) is 22.8 Å². The fourth-order valence-corrected chi connectivity index (χ4v) is 3.56. The number of aromatic nitrogens is 1. The maximum Gasteiger partial charge on any atom is 0.346 e. The number of amides is 1. The number of thiophene rings is 1. The molecule has 0 atom stereocenters. The van der Waals surface area contributed by atoms with Gasteiger partial charge in [0.05, 0.1) is 5.00 Å². The van der Waals surface area contributed by atoms with Gasteiger partial charge < -0.3 is 15.0 Å². The van der Waals surface area contributed by atoms with Crippen LogP contribution in [-0.2, 0) is 0 Å². The summed E-state index contributed by atoms with van der Waals surface area (Å²) in [6.07, 6.45) is 4.08. The smallest absolute Gasteiger partial charge is 0.346 e. The van der Waals surface area contributed by atoms with E-state index in [1.165, 1.54) is 0 Å². The van der Waals surface area contributed by atoms with E-state index in [9.17, 15) is 9.59 Å². The zero-order chi connectivity index (χ0) is 15.1. The molecule has 0 unspecified atom stereocenters. The number of aryl methyl sites for hydroxylation is 1. The minimum atomic E-state index is -0.970. The lowest BCUT2D eigenvalue weighted by Gasteiger charge is -2.07. The number of anilines is 1. The van der Waals surface area contributed by atoms with Crippen molar-refractivity contribution in [2.75, 3.05) is 5.32 Å². The van der Waals surface area contributed by atoms with Crippen molar-refractivity contribution in [3.05, 3.63) is 38.9 Å². The van der Waals surface area contributed by atoms with Crippen LogP contribution >= 0.6 is 27.3 Å². The summed E-state index contributed by atoms with van der Waals surface area (Å²) < 4.78 is 2.84. The molecule has 1 fully saturated rings. The first-order chi connectivity index (χ1) is 9.95. The van der Waals surface area contributed by atoms with E-state index in [1.54, 1.807) is 19.1 Å². The predicted octanol–water partition coefficient (Wildman–Crippen LogP) is 3.91. The molecule has 2 aromatic heterocycles. The molecule has 7 heteroatoms. The summed E-state index contributed by atoms with van der Waals surface area (Å²) in [5, 5.41) is 12.4. The molecule has 1 saturated carbocycles. The third kappa shape index (κ3) is 2.89. The Hall–Kier alpha value is -1.60. The van der Waals surface area contributed by atoms with Gasteiger partial charge in [0.15, 0.2) is 0 Å². The molecule has 0 saturated heterocycles. The highest BCUT2D eigenvalue weighted by Crippen LogP contribution is 2.37. The molecule has 0 aromatic carbocycles. The van der Waals surface area contributed by atoms with Gasteiger partial charge in [0.1, 0.15) is 10.6 Å². The van der Waals surface area contributed by atoms with Crippen LogP contribution in [0.5, 0.6) is 0 Å². The quantitative estimate of drug-likeness (QED) is 0.859. The van der Waals surface area contributed by atoms with Crippen molar-refractivity contribution in [3.8, 4) is 0 Å². The van der Waals surface area contributed by atoms with Crippen LogP contribution in [0.4, 0.5) is 5.00 Å². The van der Waals surface area contributed by atoms with Crippen molar-refractivity contribution in [2.24, 2.45) is 0 Å². The highest BCUT2D eigenvalue weighted by molar-refractivity contribution is 9.10. The minimum Gasteiger partial charge on any atom is -0.477 e. The lowest BCUT2D eigenvalue weighted by atomic mass is 10.3. The highest BCUT2D eigenvalue weighted by Gasteiger charge is 2.28. The number of halogens is 1. The van der Waals surface area contributed by atoms with Gasteiger partial charge in [-0.2, -0.15) is 0 Å². The lowest BCUT2D eigenvalue weighted by molar-refractivity contribution is 0.0701. The Morgan fingerprint density at radius 2 is 2.14 bits per heavy atom. The second kappa shape index (κ2) is 5.31. The molecule has 1 aliphatic rings. The molecule has 0 bridgehead atoms. The van der Waals surface area contributed by atoms with Gasteiger partial charge in [0.25, 0.3) is 5.91 Å². The highest BCUT2D eigenvalue weighted by atomic mass is 79.9. The van der Waals surface area contributed by atoms with Crippen LogP contribution in [0, 0.1) is 6.92 Å². The standard InChI is InChI=1S/C14H13BrN2O3S/c1-7-4-11(21-12(7)14(19)20)16-13(18)10-5-8(15)6-17(10)9-2-3-9/h4-6,9H,2-3H2,1H3,(H,16,18)(H,19,20). The number of carboxylic acid groups (broad SMARTS) is 1. The predicted molar refractivity (Wildman–Crippen MR) is 84.4 cm³/mol. The zero-order valence-corrected chi connectivity index (χ0v) is 13.6. The van der Waals surface area contributed by atoms with Crippen LogP contribution < -0.4 is 5.32 Å². The van der Waals surface area contributed by atoms with E-state index in [1.807, 2.05) is 10.8 Å². The summed E-state index contributed by atoms with van der Waals surface area (Å²) in [5.41, 5.74) is 1.24. The van der Waals surface area contributed by atoms with E-state index in [0.717, 1.165) is 28.7 Å². The van der Waals surface area contributed by atoms with Gasteiger partial charge in [-0.15, -0.1) is 11.3 Å².